The van der Waals surface area contributed by atoms with Gasteiger partial charge in [-0.05, 0) is 55.8 Å². The van der Waals surface area contributed by atoms with Crippen LogP contribution in [0.1, 0.15) is 29.6 Å². The lowest BCUT2D eigenvalue weighted by Crippen LogP contribution is -2.10. The number of hydrogen-bond donors (Lipinski definition) is 1. The Labute approximate surface area is 124 Å². The number of hydrogen-bond acceptors (Lipinski definition) is 3. The Kier molecular flexibility index (Phi) is 5.10. The van der Waals surface area contributed by atoms with Crippen molar-refractivity contribution in [3.8, 4) is 5.75 Å². The molecule has 3 nitrogen and oxygen atoms in total. The van der Waals surface area contributed by atoms with E-state index in [9.17, 15) is 0 Å². The zero-order valence-corrected chi connectivity index (χ0v) is 12.9. The summed E-state index contributed by atoms with van der Waals surface area (Å²) in [5.41, 5.74) is 2.07. The molecule has 0 spiro atoms. The van der Waals surface area contributed by atoms with E-state index in [1.54, 1.807) is 0 Å². The van der Waals surface area contributed by atoms with E-state index in [4.69, 9.17) is 20.8 Å². The molecule has 108 valence electrons. The quantitative estimate of drug-likeness (QED) is 0.865. The number of benzene rings is 1. The van der Waals surface area contributed by atoms with Gasteiger partial charge in [0.1, 0.15) is 23.9 Å². The van der Waals surface area contributed by atoms with Gasteiger partial charge in [0.25, 0.3) is 0 Å². The first-order valence-corrected chi connectivity index (χ1v) is 7.15. The molecule has 0 amide bonds. The van der Waals surface area contributed by atoms with Crippen LogP contribution < -0.4 is 10.1 Å². The highest BCUT2D eigenvalue weighted by Gasteiger charge is 2.08. The summed E-state index contributed by atoms with van der Waals surface area (Å²) in [5, 5.41) is 3.96. The minimum Gasteiger partial charge on any atom is -0.485 e. The summed E-state index contributed by atoms with van der Waals surface area (Å²) in [6, 6.07) is 7.74. The zero-order valence-electron chi connectivity index (χ0n) is 12.1. The smallest absolute Gasteiger partial charge is 0.146 e. The van der Waals surface area contributed by atoms with E-state index in [0.717, 1.165) is 46.5 Å². The fraction of sp³-hybridized carbons (Fsp3) is 0.375. The molecule has 1 aromatic heterocycles. The lowest BCUT2D eigenvalue weighted by Gasteiger charge is -2.11. The lowest BCUT2D eigenvalue weighted by atomic mass is 10.1. The zero-order chi connectivity index (χ0) is 14.5. The van der Waals surface area contributed by atoms with E-state index in [2.05, 4.69) is 12.2 Å². The van der Waals surface area contributed by atoms with E-state index in [0.29, 0.717) is 6.61 Å². The second kappa shape index (κ2) is 6.82. The third-order valence-electron chi connectivity index (χ3n) is 3.05. The Balaban J connectivity index is 2.00. The van der Waals surface area contributed by atoms with Crippen LogP contribution in [0, 0.1) is 13.8 Å². The lowest BCUT2D eigenvalue weighted by molar-refractivity contribution is 0.262. The van der Waals surface area contributed by atoms with Gasteiger partial charge in [0, 0.05) is 5.02 Å². The number of nitrogens with one attached hydrogen (secondary N) is 1. The van der Waals surface area contributed by atoms with E-state index in [1.807, 2.05) is 38.1 Å². The van der Waals surface area contributed by atoms with Crippen molar-refractivity contribution in [1.82, 2.24) is 5.32 Å². The highest BCUT2D eigenvalue weighted by atomic mass is 35.5. The molecule has 0 saturated heterocycles. The van der Waals surface area contributed by atoms with Gasteiger partial charge in [0.15, 0.2) is 0 Å². The highest BCUT2D eigenvalue weighted by molar-refractivity contribution is 6.30. The first-order valence-electron chi connectivity index (χ1n) is 6.78. The van der Waals surface area contributed by atoms with Gasteiger partial charge >= 0.3 is 0 Å². The molecule has 0 radical (unpaired) electrons. The summed E-state index contributed by atoms with van der Waals surface area (Å²) >= 11 is 6.01. The van der Waals surface area contributed by atoms with Crippen LogP contribution in [0.3, 0.4) is 0 Å². The standard InChI is InChI=1S/C16H20ClNO2/c1-4-18-9-14-5-6-15(20-14)10-19-16-11(2)7-13(17)8-12(16)3/h5-8,18H,4,9-10H2,1-3H3. The fourth-order valence-corrected chi connectivity index (χ4v) is 2.44. The van der Waals surface area contributed by atoms with Crippen LogP contribution in [0.4, 0.5) is 0 Å². The predicted octanol–water partition coefficient (Wildman–Crippen LogP) is 4.24. The predicted molar refractivity (Wildman–Crippen MR) is 81.3 cm³/mol. The first kappa shape index (κ1) is 14.9. The summed E-state index contributed by atoms with van der Waals surface area (Å²) in [5.74, 6) is 2.63. The van der Waals surface area contributed by atoms with E-state index >= 15 is 0 Å². The van der Waals surface area contributed by atoms with Gasteiger partial charge in [-0.1, -0.05) is 18.5 Å². The van der Waals surface area contributed by atoms with Gasteiger partial charge in [-0.3, -0.25) is 0 Å². The Morgan fingerprint density at radius 2 is 1.80 bits per heavy atom. The van der Waals surface area contributed by atoms with Crippen molar-refractivity contribution >= 4 is 11.6 Å². The van der Waals surface area contributed by atoms with Crippen LogP contribution in [0.25, 0.3) is 0 Å². The van der Waals surface area contributed by atoms with Crippen molar-refractivity contribution in [3.05, 3.63) is 51.9 Å². The Hall–Kier alpha value is -1.45. The highest BCUT2D eigenvalue weighted by Crippen LogP contribution is 2.27. The van der Waals surface area contributed by atoms with Gasteiger partial charge in [-0.2, -0.15) is 0 Å². The fourth-order valence-electron chi connectivity index (χ4n) is 2.11. The van der Waals surface area contributed by atoms with Crippen molar-refractivity contribution in [1.29, 1.82) is 0 Å². The maximum atomic E-state index is 6.01. The topological polar surface area (TPSA) is 34.4 Å². The van der Waals surface area contributed by atoms with Gasteiger partial charge in [0.05, 0.1) is 6.54 Å². The maximum Gasteiger partial charge on any atom is 0.146 e. The minimum atomic E-state index is 0.426. The molecule has 2 rings (SSSR count). The van der Waals surface area contributed by atoms with Crippen molar-refractivity contribution in [3.63, 3.8) is 0 Å². The van der Waals surface area contributed by atoms with Crippen molar-refractivity contribution in [2.45, 2.75) is 33.9 Å². The summed E-state index contributed by atoms with van der Waals surface area (Å²) in [4.78, 5) is 0. The Morgan fingerprint density at radius 1 is 1.15 bits per heavy atom. The molecule has 1 heterocycles. The number of furan rings is 1. The van der Waals surface area contributed by atoms with Crippen LogP contribution in [-0.4, -0.2) is 6.54 Å². The SMILES string of the molecule is CCNCc1ccc(COc2c(C)cc(Cl)cc2C)o1. The van der Waals surface area contributed by atoms with Gasteiger partial charge in [0.2, 0.25) is 0 Å². The average molecular weight is 294 g/mol. The molecule has 2 aromatic rings. The van der Waals surface area contributed by atoms with Gasteiger partial charge < -0.3 is 14.5 Å². The summed E-state index contributed by atoms with van der Waals surface area (Å²) in [7, 11) is 0. The van der Waals surface area contributed by atoms with Crippen molar-refractivity contribution < 1.29 is 9.15 Å². The number of halogens is 1. The largest absolute Gasteiger partial charge is 0.485 e. The molecule has 0 unspecified atom stereocenters. The molecular formula is C16H20ClNO2. The van der Waals surface area contributed by atoms with Crippen LogP contribution in [-0.2, 0) is 13.2 Å². The molecule has 1 aromatic carbocycles. The molecule has 1 N–H and O–H groups in total. The van der Waals surface area contributed by atoms with E-state index in [1.165, 1.54) is 0 Å². The van der Waals surface area contributed by atoms with Gasteiger partial charge in [-0.25, -0.2) is 0 Å². The molecule has 0 aliphatic rings. The number of rotatable bonds is 6. The van der Waals surface area contributed by atoms with Gasteiger partial charge in [-0.15, -0.1) is 0 Å². The molecule has 0 fully saturated rings. The Bertz CT molecular complexity index is 555. The van der Waals surface area contributed by atoms with Crippen molar-refractivity contribution in [2.75, 3.05) is 6.54 Å². The molecule has 0 aliphatic carbocycles. The van der Waals surface area contributed by atoms with E-state index < -0.39 is 0 Å². The molecule has 4 heteroatoms. The van der Waals surface area contributed by atoms with Crippen LogP contribution in [0.5, 0.6) is 5.75 Å². The minimum absolute atomic E-state index is 0.426. The third kappa shape index (κ3) is 3.78. The number of aryl methyl sites for hydroxylation is 2. The molecule has 0 atom stereocenters. The summed E-state index contributed by atoms with van der Waals surface area (Å²) in [6.07, 6.45) is 0. The molecule has 0 bridgehead atoms. The third-order valence-corrected chi connectivity index (χ3v) is 3.27. The number of ether oxygens (including phenoxy) is 1. The molecule has 0 saturated carbocycles. The van der Waals surface area contributed by atoms with Crippen molar-refractivity contribution in [2.24, 2.45) is 0 Å². The second-order valence-corrected chi connectivity index (χ2v) is 5.24. The molecular weight excluding hydrogens is 274 g/mol. The normalized spacial score (nSPS) is 10.8. The first-order chi connectivity index (χ1) is 9.60. The Morgan fingerprint density at radius 3 is 2.45 bits per heavy atom. The summed E-state index contributed by atoms with van der Waals surface area (Å²) in [6.45, 7) is 8.15. The van der Waals surface area contributed by atoms with Crippen LogP contribution in [0.15, 0.2) is 28.7 Å². The van der Waals surface area contributed by atoms with E-state index in [-0.39, 0.29) is 0 Å². The average Bonchev–Trinajstić information content (AvgIpc) is 2.83. The molecule has 20 heavy (non-hydrogen) atoms. The molecule has 0 aliphatic heterocycles. The summed E-state index contributed by atoms with van der Waals surface area (Å²) < 4.78 is 11.6. The second-order valence-electron chi connectivity index (χ2n) is 4.81. The monoisotopic (exact) mass is 293 g/mol. The maximum absolute atomic E-state index is 6.01. The van der Waals surface area contributed by atoms with Crippen LogP contribution in [0.2, 0.25) is 5.02 Å². The van der Waals surface area contributed by atoms with Crippen LogP contribution >= 0.6 is 11.6 Å².